The molecule has 1 amide bonds. The van der Waals surface area contributed by atoms with Crippen molar-refractivity contribution in [1.29, 1.82) is 0 Å². The molecule has 5 heteroatoms. The molecule has 0 saturated carbocycles. The van der Waals surface area contributed by atoms with Crippen molar-refractivity contribution < 1.29 is 9.21 Å². The number of amides is 1. The molecule has 2 aromatic heterocycles. The van der Waals surface area contributed by atoms with E-state index in [-0.39, 0.29) is 5.91 Å². The van der Waals surface area contributed by atoms with Crippen LogP contribution in [0.5, 0.6) is 0 Å². The zero-order chi connectivity index (χ0) is 16.9. The first-order chi connectivity index (χ1) is 11.7. The van der Waals surface area contributed by atoms with Crippen molar-refractivity contribution in [3.8, 4) is 0 Å². The number of rotatable bonds is 6. The molecule has 2 heterocycles. The standard InChI is InChI=1S/C19H21N3O2/c1-3-22(11-8-15-6-9-20-10-7-15)19(23)13-16-4-5-18-17(12-16)21-14(2)24-18/h4-7,9-10,12H,3,8,11,13H2,1-2H3. The number of benzene rings is 1. The summed E-state index contributed by atoms with van der Waals surface area (Å²) in [5.41, 5.74) is 3.71. The second kappa shape index (κ2) is 7.25. The quantitative estimate of drug-likeness (QED) is 0.699. The van der Waals surface area contributed by atoms with Gasteiger partial charge in [-0.3, -0.25) is 9.78 Å². The van der Waals surface area contributed by atoms with Crippen LogP contribution in [0.1, 0.15) is 23.9 Å². The van der Waals surface area contributed by atoms with Crippen LogP contribution in [0.25, 0.3) is 11.1 Å². The molecule has 0 N–H and O–H groups in total. The van der Waals surface area contributed by atoms with E-state index in [1.807, 2.05) is 49.1 Å². The maximum Gasteiger partial charge on any atom is 0.226 e. The topological polar surface area (TPSA) is 59.2 Å². The molecule has 0 atom stereocenters. The maximum absolute atomic E-state index is 12.6. The number of aromatic nitrogens is 2. The third-order valence-corrected chi connectivity index (χ3v) is 4.07. The van der Waals surface area contributed by atoms with Gasteiger partial charge in [-0.05, 0) is 48.7 Å². The molecule has 0 saturated heterocycles. The molecule has 3 rings (SSSR count). The first-order valence-electron chi connectivity index (χ1n) is 8.18. The highest BCUT2D eigenvalue weighted by Crippen LogP contribution is 2.17. The molecule has 0 unspecified atom stereocenters. The number of likely N-dealkylation sites (N-methyl/N-ethyl adjacent to an activating group) is 1. The summed E-state index contributed by atoms with van der Waals surface area (Å²) in [6, 6.07) is 9.71. The number of nitrogens with zero attached hydrogens (tertiary/aromatic N) is 3. The molecule has 5 nitrogen and oxygen atoms in total. The van der Waals surface area contributed by atoms with E-state index >= 15 is 0 Å². The molecule has 124 valence electrons. The summed E-state index contributed by atoms with van der Waals surface area (Å²) in [5.74, 6) is 0.770. The SMILES string of the molecule is CCN(CCc1ccncc1)C(=O)Cc1ccc2oc(C)nc2c1. The van der Waals surface area contributed by atoms with Crippen LogP contribution in [-0.4, -0.2) is 33.9 Å². The summed E-state index contributed by atoms with van der Waals surface area (Å²) < 4.78 is 5.47. The molecule has 3 aromatic rings. The van der Waals surface area contributed by atoms with Crippen LogP contribution in [0.15, 0.2) is 47.1 Å². The molecule has 0 aliphatic heterocycles. The molecular weight excluding hydrogens is 302 g/mol. The van der Waals surface area contributed by atoms with Gasteiger partial charge in [0.25, 0.3) is 0 Å². The lowest BCUT2D eigenvalue weighted by atomic mass is 10.1. The van der Waals surface area contributed by atoms with Crippen molar-refractivity contribution in [2.45, 2.75) is 26.7 Å². The van der Waals surface area contributed by atoms with E-state index in [9.17, 15) is 4.79 Å². The second-order valence-electron chi connectivity index (χ2n) is 5.79. The lowest BCUT2D eigenvalue weighted by molar-refractivity contribution is -0.130. The number of aryl methyl sites for hydroxylation is 1. The Morgan fingerprint density at radius 3 is 2.71 bits per heavy atom. The Morgan fingerprint density at radius 1 is 1.17 bits per heavy atom. The largest absolute Gasteiger partial charge is 0.441 e. The molecule has 0 fully saturated rings. The van der Waals surface area contributed by atoms with Gasteiger partial charge in [-0.1, -0.05) is 6.07 Å². The average Bonchev–Trinajstić information content (AvgIpc) is 2.95. The minimum Gasteiger partial charge on any atom is -0.441 e. The molecule has 1 aromatic carbocycles. The van der Waals surface area contributed by atoms with E-state index in [2.05, 4.69) is 9.97 Å². The first-order valence-corrected chi connectivity index (χ1v) is 8.18. The number of carbonyl (C=O) groups is 1. The predicted octanol–water partition coefficient (Wildman–Crippen LogP) is 3.16. The van der Waals surface area contributed by atoms with E-state index < -0.39 is 0 Å². The Bertz CT molecular complexity index is 827. The summed E-state index contributed by atoms with van der Waals surface area (Å²) in [6.07, 6.45) is 4.78. The third-order valence-electron chi connectivity index (χ3n) is 4.07. The van der Waals surface area contributed by atoms with Gasteiger partial charge >= 0.3 is 0 Å². The van der Waals surface area contributed by atoms with Crippen molar-refractivity contribution in [2.75, 3.05) is 13.1 Å². The molecule has 0 aliphatic carbocycles. The van der Waals surface area contributed by atoms with Gasteiger partial charge in [0, 0.05) is 32.4 Å². The van der Waals surface area contributed by atoms with Gasteiger partial charge in [0.2, 0.25) is 5.91 Å². The fourth-order valence-electron chi connectivity index (χ4n) is 2.76. The monoisotopic (exact) mass is 323 g/mol. The van der Waals surface area contributed by atoms with Crippen LogP contribution in [0.3, 0.4) is 0 Å². The highest BCUT2D eigenvalue weighted by atomic mass is 16.3. The van der Waals surface area contributed by atoms with Gasteiger partial charge in [0.05, 0.1) is 6.42 Å². The van der Waals surface area contributed by atoms with Gasteiger partial charge < -0.3 is 9.32 Å². The Labute approximate surface area is 141 Å². The summed E-state index contributed by atoms with van der Waals surface area (Å²) in [4.78, 5) is 22.8. The zero-order valence-electron chi connectivity index (χ0n) is 14.0. The number of hydrogen-bond donors (Lipinski definition) is 0. The fourth-order valence-corrected chi connectivity index (χ4v) is 2.76. The second-order valence-corrected chi connectivity index (χ2v) is 5.79. The van der Waals surface area contributed by atoms with Gasteiger partial charge in [0.15, 0.2) is 11.5 Å². The number of oxazole rings is 1. The molecule has 24 heavy (non-hydrogen) atoms. The number of pyridine rings is 1. The van der Waals surface area contributed by atoms with Crippen LogP contribution in [0, 0.1) is 6.92 Å². The molecule has 0 aliphatic rings. The minimum absolute atomic E-state index is 0.131. The molecule has 0 spiro atoms. The van der Waals surface area contributed by atoms with Gasteiger partial charge in [-0.15, -0.1) is 0 Å². The first kappa shape index (κ1) is 16.2. The van der Waals surface area contributed by atoms with Crippen molar-refractivity contribution in [3.05, 3.63) is 59.7 Å². The lowest BCUT2D eigenvalue weighted by Gasteiger charge is -2.21. The van der Waals surface area contributed by atoms with E-state index in [1.165, 1.54) is 5.56 Å². The van der Waals surface area contributed by atoms with Crippen molar-refractivity contribution in [3.63, 3.8) is 0 Å². The van der Waals surface area contributed by atoms with Crippen LogP contribution >= 0.6 is 0 Å². The van der Waals surface area contributed by atoms with Crippen molar-refractivity contribution >= 4 is 17.0 Å². The van der Waals surface area contributed by atoms with Crippen molar-refractivity contribution in [2.24, 2.45) is 0 Å². The minimum atomic E-state index is 0.131. The molecule has 0 radical (unpaired) electrons. The molecular formula is C19H21N3O2. The van der Waals surface area contributed by atoms with Crippen LogP contribution in [0.2, 0.25) is 0 Å². The summed E-state index contributed by atoms with van der Waals surface area (Å²) in [6.45, 7) is 5.25. The van der Waals surface area contributed by atoms with E-state index in [4.69, 9.17) is 4.42 Å². The van der Waals surface area contributed by atoms with Crippen LogP contribution in [0.4, 0.5) is 0 Å². The van der Waals surface area contributed by atoms with E-state index in [0.29, 0.717) is 25.4 Å². The Kier molecular flexibility index (Phi) is 4.89. The summed E-state index contributed by atoms with van der Waals surface area (Å²) in [7, 11) is 0. The fraction of sp³-hybridized carbons (Fsp3) is 0.316. The summed E-state index contributed by atoms with van der Waals surface area (Å²) in [5, 5.41) is 0. The third kappa shape index (κ3) is 3.79. The zero-order valence-corrected chi connectivity index (χ0v) is 14.0. The van der Waals surface area contributed by atoms with Crippen LogP contribution < -0.4 is 0 Å². The van der Waals surface area contributed by atoms with E-state index in [0.717, 1.165) is 23.1 Å². The summed E-state index contributed by atoms with van der Waals surface area (Å²) >= 11 is 0. The number of carbonyl (C=O) groups excluding carboxylic acids is 1. The smallest absolute Gasteiger partial charge is 0.226 e. The van der Waals surface area contributed by atoms with Gasteiger partial charge in [-0.2, -0.15) is 0 Å². The Balaban J connectivity index is 1.64. The highest BCUT2D eigenvalue weighted by molar-refractivity contribution is 5.81. The van der Waals surface area contributed by atoms with Gasteiger partial charge in [0.1, 0.15) is 5.52 Å². The number of hydrogen-bond acceptors (Lipinski definition) is 4. The Morgan fingerprint density at radius 2 is 1.96 bits per heavy atom. The molecule has 0 bridgehead atoms. The average molecular weight is 323 g/mol. The number of fused-ring (bicyclic) bond motifs is 1. The Hall–Kier alpha value is -2.69. The lowest BCUT2D eigenvalue weighted by Crippen LogP contribution is -2.33. The maximum atomic E-state index is 12.6. The predicted molar refractivity (Wildman–Crippen MR) is 92.6 cm³/mol. The normalized spacial score (nSPS) is 10.9. The van der Waals surface area contributed by atoms with Gasteiger partial charge in [-0.25, -0.2) is 4.98 Å². The van der Waals surface area contributed by atoms with Crippen molar-refractivity contribution in [1.82, 2.24) is 14.9 Å². The van der Waals surface area contributed by atoms with E-state index in [1.54, 1.807) is 12.4 Å². The van der Waals surface area contributed by atoms with Crippen LogP contribution in [-0.2, 0) is 17.6 Å². The highest BCUT2D eigenvalue weighted by Gasteiger charge is 2.13.